The van der Waals surface area contributed by atoms with E-state index in [4.69, 9.17) is 21.8 Å². The molecule has 3 rings (SSSR count). The highest BCUT2D eigenvalue weighted by molar-refractivity contribution is 7.93. The summed E-state index contributed by atoms with van der Waals surface area (Å²) in [5.74, 6) is 4.33. The van der Waals surface area contributed by atoms with Crippen LogP contribution >= 0.6 is 0 Å². The van der Waals surface area contributed by atoms with Gasteiger partial charge in [-0.2, -0.15) is 0 Å². The number of fused-ring (bicyclic) bond motifs is 1. The highest BCUT2D eigenvalue weighted by atomic mass is 32.2. The first-order chi connectivity index (χ1) is 14.6. The van der Waals surface area contributed by atoms with Crippen molar-refractivity contribution in [2.45, 2.75) is 16.2 Å². The number of aliphatic hydroxyl groups is 1. The van der Waals surface area contributed by atoms with Gasteiger partial charge < -0.3 is 15.8 Å². The number of hydrogen-bond donors (Lipinski definition) is 6. The lowest BCUT2D eigenvalue weighted by molar-refractivity contribution is 0.295. The van der Waals surface area contributed by atoms with Crippen molar-refractivity contribution in [3.8, 4) is 11.1 Å². The largest absolute Gasteiger partial charge is 0.396 e. The highest BCUT2D eigenvalue weighted by Crippen LogP contribution is 2.36. The molecule has 0 aliphatic rings. The molecule has 3 aromatic rings. The summed E-state index contributed by atoms with van der Waals surface area (Å²) >= 11 is 0. The van der Waals surface area contributed by atoms with Crippen LogP contribution in [0.2, 0.25) is 0 Å². The molecule has 0 aliphatic heterocycles. The van der Waals surface area contributed by atoms with Crippen LogP contribution in [0.25, 0.3) is 22.2 Å². The lowest BCUT2D eigenvalue weighted by Gasteiger charge is -2.18. The van der Waals surface area contributed by atoms with Gasteiger partial charge in [-0.15, -0.1) is 5.10 Å². The number of amidine groups is 1. The van der Waals surface area contributed by atoms with Crippen LogP contribution in [-0.2, 0) is 19.9 Å². The fourth-order valence-electron chi connectivity index (χ4n) is 3.24. The number of hydrazone groups is 1. The van der Waals surface area contributed by atoms with Crippen molar-refractivity contribution in [3.63, 3.8) is 0 Å². The van der Waals surface area contributed by atoms with Crippen molar-refractivity contribution in [1.82, 2.24) is 15.5 Å². The number of para-hydroxylation sites is 1. The molecule has 0 saturated carbocycles. The number of benzene rings is 2. The van der Waals surface area contributed by atoms with Crippen LogP contribution in [0.5, 0.6) is 0 Å². The third-order valence-corrected chi connectivity index (χ3v) is 7.45. The predicted molar refractivity (Wildman–Crippen MR) is 115 cm³/mol. The monoisotopic (exact) mass is 467 g/mol. The first-order valence-electron chi connectivity index (χ1n) is 8.87. The van der Waals surface area contributed by atoms with Gasteiger partial charge in [-0.25, -0.2) is 38.3 Å². The molecule has 31 heavy (non-hydrogen) atoms. The Morgan fingerprint density at radius 1 is 1.16 bits per heavy atom. The van der Waals surface area contributed by atoms with E-state index in [0.717, 1.165) is 6.07 Å². The predicted octanol–water partition coefficient (Wildman–Crippen LogP) is -0.883. The molecular formula is C17H21N7O5S2. The molecule has 0 radical (unpaired) electrons. The Bertz CT molecular complexity index is 1360. The van der Waals surface area contributed by atoms with Crippen LogP contribution in [0, 0.1) is 0 Å². The molecule has 0 saturated heterocycles. The second kappa shape index (κ2) is 8.60. The zero-order valence-electron chi connectivity index (χ0n) is 16.1. The Balaban J connectivity index is 2.47. The van der Waals surface area contributed by atoms with E-state index in [9.17, 15) is 16.8 Å². The molecule has 1 heterocycles. The summed E-state index contributed by atoms with van der Waals surface area (Å²) in [5.41, 5.74) is 9.59. The molecule has 2 aromatic carbocycles. The quantitative estimate of drug-likeness (QED) is 0.105. The van der Waals surface area contributed by atoms with E-state index in [0.29, 0.717) is 16.6 Å². The normalized spacial score (nSPS) is 12.9. The van der Waals surface area contributed by atoms with Crippen LogP contribution < -0.4 is 22.3 Å². The number of nitrogens with one attached hydrogen (secondary N) is 2. The second-order valence-electron chi connectivity index (χ2n) is 6.49. The van der Waals surface area contributed by atoms with E-state index in [1.807, 2.05) is 5.53 Å². The maximum Gasteiger partial charge on any atom is 0.240 e. The zero-order chi connectivity index (χ0) is 22.8. The molecule has 12 nitrogen and oxygen atoms in total. The van der Waals surface area contributed by atoms with E-state index in [1.54, 1.807) is 18.2 Å². The number of aromatic nitrogens is 2. The molecule has 14 heteroatoms. The van der Waals surface area contributed by atoms with Crippen LogP contribution in [0.3, 0.4) is 0 Å². The minimum atomic E-state index is -4.61. The number of nitrogens with zero attached hydrogens (tertiary/aromatic N) is 2. The number of rotatable bonds is 8. The van der Waals surface area contributed by atoms with Crippen molar-refractivity contribution in [2.75, 3.05) is 12.4 Å². The molecule has 1 aromatic heterocycles. The summed E-state index contributed by atoms with van der Waals surface area (Å²) in [4.78, 5) is 5.92. The maximum atomic E-state index is 12.8. The Hall–Kier alpha value is -3.04. The van der Waals surface area contributed by atoms with Gasteiger partial charge in [0, 0.05) is 17.7 Å². The highest BCUT2D eigenvalue weighted by Gasteiger charge is 2.31. The van der Waals surface area contributed by atoms with E-state index in [-0.39, 0.29) is 17.5 Å². The van der Waals surface area contributed by atoms with Gasteiger partial charge in [-0.1, -0.05) is 18.2 Å². The Kier molecular flexibility index (Phi) is 6.28. The number of nitrogens with two attached hydrogens (primary N) is 3. The Morgan fingerprint density at radius 2 is 1.90 bits per heavy atom. The standard InChI is InChI=1S/C17H21N7O5S2/c18-17(23-24-19)14-10(11-3-1-4-12-15(11)22-9-21-12)5-6-13(16(14)31(20,28)29)30(26,27)8-2-7-25/h1,3-6,9,24-25H,2,7-8,19H2,(H2,18,23)(H,21,22)(H2,20,28,29). The summed E-state index contributed by atoms with van der Waals surface area (Å²) < 4.78 is 50.8. The maximum absolute atomic E-state index is 12.8. The van der Waals surface area contributed by atoms with E-state index < -0.39 is 47.8 Å². The van der Waals surface area contributed by atoms with Crippen molar-refractivity contribution < 1.29 is 21.9 Å². The summed E-state index contributed by atoms with van der Waals surface area (Å²) in [6.45, 7) is -0.392. The van der Waals surface area contributed by atoms with Crippen molar-refractivity contribution >= 4 is 36.7 Å². The fraction of sp³-hybridized carbons (Fsp3) is 0.176. The molecular weight excluding hydrogens is 446 g/mol. The third-order valence-electron chi connectivity index (χ3n) is 4.49. The van der Waals surface area contributed by atoms with Gasteiger partial charge in [0.25, 0.3) is 0 Å². The van der Waals surface area contributed by atoms with Gasteiger partial charge in [0.1, 0.15) is 4.90 Å². The van der Waals surface area contributed by atoms with Crippen LogP contribution in [0.4, 0.5) is 0 Å². The lowest BCUT2D eigenvalue weighted by Crippen LogP contribution is -2.28. The average molecular weight is 468 g/mol. The number of H-pyrrole nitrogens is 1. The van der Waals surface area contributed by atoms with Gasteiger partial charge in [0.2, 0.25) is 10.0 Å². The van der Waals surface area contributed by atoms with Gasteiger partial charge in [0.15, 0.2) is 15.7 Å². The molecule has 0 spiro atoms. The van der Waals surface area contributed by atoms with E-state index in [1.165, 1.54) is 12.4 Å². The van der Waals surface area contributed by atoms with Gasteiger partial charge in [-0.3, -0.25) is 0 Å². The number of aromatic amines is 1. The third kappa shape index (κ3) is 4.38. The number of aliphatic hydroxyl groups excluding tert-OH is 1. The van der Waals surface area contributed by atoms with Crippen LogP contribution in [-0.4, -0.2) is 50.1 Å². The summed E-state index contributed by atoms with van der Waals surface area (Å²) in [6.07, 6.45) is 1.37. The number of imidazole rings is 1. The molecule has 0 bridgehead atoms. The molecule has 9 N–H and O–H groups in total. The van der Waals surface area contributed by atoms with Gasteiger partial charge in [0.05, 0.1) is 28.0 Å². The SMILES string of the molecule is NN/N=C(\N)c1c(-c2cccc3[nH]cnc23)ccc(S(=O)(=O)CCCO)c1S(N)(=O)=O. The molecule has 166 valence electrons. The molecule has 0 fully saturated rings. The molecule has 0 unspecified atom stereocenters. The van der Waals surface area contributed by atoms with Crippen molar-refractivity contribution in [3.05, 3.63) is 42.2 Å². The molecule has 0 amide bonds. The summed E-state index contributed by atoms with van der Waals surface area (Å²) in [6, 6.07) is 7.67. The first kappa shape index (κ1) is 22.6. The summed E-state index contributed by atoms with van der Waals surface area (Å²) in [7, 11) is -8.75. The van der Waals surface area contributed by atoms with Crippen LogP contribution in [0.1, 0.15) is 12.0 Å². The smallest absolute Gasteiger partial charge is 0.240 e. The average Bonchev–Trinajstić information content (AvgIpc) is 3.19. The Morgan fingerprint density at radius 3 is 2.55 bits per heavy atom. The number of primary sulfonamides is 1. The van der Waals surface area contributed by atoms with Crippen molar-refractivity contribution in [2.24, 2.45) is 21.8 Å². The molecule has 0 aliphatic carbocycles. The number of sulfone groups is 1. The summed E-state index contributed by atoms with van der Waals surface area (Å²) in [5, 5.41) is 18.1. The number of hydrogen-bond acceptors (Lipinski definition) is 9. The van der Waals surface area contributed by atoms with Gasteiger partial charge in [-0.05, 0) is 24.1 Å². The first-order valence-corrected chi connectivity index (χ1v) is 12.1. The van der Waals surface area contributed by atoms with Crippen molar-refractivity contribution in [1.29, 1.82) is 0 Å². The second-order valence-corrected chi connectivity index (χ2v) is 10.1. The fourth-order valence-corrected chi connectivity index (χ4v) is 6.21. The van der Waals surface area contributed by atoms with E-state index >= 15 is 0 Å². The Labute approximate surface area is 178 Å². The zero-order valence-corrected chi connectivity index (χ0v) is 17.7. The number of sulfonamides is 1. The van der Waals surface area contributed by atoms with Crippen LogP contribution in [0.15, 0.2) is 51.6 Å². The lowest BCUT2D eigenvalue weighted by atomic mass is 9.97. The molecule has 0 atom stereocenters. The number of hydrazine groups is 1. The topological polar surface area (TPSA) is 220 Å². The minimum Gasteiger partial charge on any atom is -0.396 e. The van der Waals surface area contributed by atoms with Gasteiger partial charge >= 0.3 is 0 Å². The minimum absolute atomic E-state index is 0.0933. The van der Waals surface area contributed by atoms with E-state index in [2.05, 4.69) is 15.1 Å².